The highest BCUT2D eigenvalue weighted by Gasteiger charge is 2.31. The van der Waals surface area contributed by atoms with Crippen molar-refractivity contribution in [3.63, 3.8) is 0 Å². The van der Waals surface area contributed by atoms with Crippen LogP contribution in [0.15, 0.2) is 72.8 Å². The van der Waals surface area contributed by atoms with Crippen molar-refractivity contribution in [2.24, 2.45) is 5.92 Å². The molecule has 2 aliphatic rings. The number of carbonyl (C=O) groups excluding carboxylic acids is 2. The molecule has 0 radical (unpaired) electrons. The Morgan fingerprint density at radius 2 is 1.50 bits per heavy atom. The van der Waals surface area contributed by atoms with Crippen LogP contribution in [-0.2, 0) is 24.2 Å². The first-order valence-electron chi connectivity index (χ1n) is 16.9. The Kier molecular flexibility index (Phi) is 10.5. The molecule has 0 aliphatic carbocycles. The lowest BCUT2D eigenvalue weighted by Gasteiger charge is -2.44. The first kappa shape index (κ1) is 33.7. The molecular formula is C39H53N4O3+. The van der Waals surface area contributed by atoms with Crippen molar-refractivity contribution in [3.05, 3.63) is 95.1 Å². The van der Waals surface area contributed by atoms with Gasteiger partial charge in [0.05, 0.1) is 33.2 Å². The Morgan fingerprint density at radius 3 is 2.17 bits per heavy atom. The number of ether oxygens (including phenoxy) is 1. The van der Waals surface area contributed by atoms with Gasteiger partial charge in [0.15, 0.2) is 0 Å². The van der Waals surface area contributed by atoms with Crippen LogP contribution in [0.2, 0.25) is 0 Å². The Bertz CT molecular complexity index is 1500. The number of nitrogens with zero attached hydrogens (tertiary/aromatic N) is 3. The molecule has 0 bridgehead atoms. The third-order valence-electron chi connectivity index (χ3n) is 9.73. The van der Waals surface area contributed by atoms with E-state index in [0.717, 1.165) is 60.1 Å². The first-order valence-corrected chi connectivity index (χ1v) is 16.9. The van der Waals surface area contributed by atoms with Gasteiger partial charge in [-0.3, -0.25) is 9.69 Å². The van der Waals surface area contributed by atoms with Gasteiger partial charge in [0, 0.05) is 38.3 Å². The number of hydrogen-bond donors (Lipinski definition) is 1. The molecule has 2 amide bonds. The van der Waals surface area contributed by atoms with Crippen LogP contribution >= 0.6 is 0 Å². The molecule has 1 N–H and O–H groups in total. The molecule has 7 heteroatoms. The highest BCUT2D eigenvalue weighted by molar-refractivity contribution is 5.94. The fourth-order valence-corrected chi connectivity index (χ4v) is 6.52. The molecule has 2 fully saturated rings. The summed E-state index contributed by atoms with van der Waals surface area (Å²) in [5.74, 6) is 0.416. The topological polar surface area (TPSA) is 61.9 Å². The summed E-state index contributed by atoms with van der Waals surface area (Å²) in [5, 5.41) is 3.13. The van der Waals surface area contributed by atoms with Crippen LogP contribution < -0.4 is 5.32 Å². The number of benzene rings is 3. The van der Waals surface area contributed by atoms with Gasteiger partial charge in [0.2, 0.25) is 0 Å². The van der Waals surface area contributed by atoms with Crippen molar-refractivity contribution < 1.29 is 18.8 Å². The van der Waals surface area contributed by atoms with E-state index in [0.29, 0.717) is 37.2 Å². The fourth-order valence-electron chi connectivity index (χ4n) is 6.52. The van der Waals surface area contributed by atoms with Gasteiger partial charge in [-0.25, -0.2) is 4.79 Å². The predicted octanol–water partition coefficient (Wildman–Crippen LogP) is 6.75. The van der Waals surface area contributed by atoms with Gasteiger partial charge in [-0.05, 0) is 105 Å². The number of carbonyl (C=O) groups is 2. The molecule has 0 aromatic heterocycles. The van der Waals surface area contributed by atoms with E-state index in [1.165, 1.54) is 17.7 Å². The molecule has 246 valence electrons. The number of quaternary nitrogens is 1. The van der Waals surface area contributed by atoms with Crippen molar-refractivity contribution in [1.29, 1.82) is 0 Å². The number of likely N-dealkylation sites (N-methyl/N-ethyl adjacent to an activating group) is 1. The molecule has 2 heterocycles. The van der Waals surface area contributed by atoms with Crippen LogP contribution in [0.1, 0.15) is 67.6 Å². The lowest BCUT2D eigenvalue weighted by Crippen LogP contribution is -2.59. The molecule has 1 atom stereocenters. The minimum absolute atomic E-state index is 0.0634. The number of rotatable bonds is 8. The van der Waals surface area contributed by atoms with E-state index in [4.69, 9.17) is 4.74 Å². The van der Waals surface area contributed by atoms with Crippen LogP contribution in [0.5, 0.6) is 0 Å². The molecule has 2 aliphatic heterocycles. The van der Waals surface area contributed by atoms with Crippen LogP contribution in [0.25, 0.3) is 11.1 Å². The van der Waals surface area contributed by atoms with Gasteiger partial charge in [-0.2, -0.15) is 0 Å². The zero-order valence-corrected chi connectivity index (χ0v) is 28.7. The lowest BCUT2D eigenvalue weighted by atomic mass is 9.90. The zero-order chi connectivity index (χ0) is 32.9. The summed E-state index contributed by atoms with van der Waals surface area (Å²) in [5.41, 5.74) is 6.15. The van der Waals surface area contributed by atoms with E-state index in [1.54, 1.807) is 0 Å². The first-order chi connectivity index (χ1) is 21.8. The van der Waals surface area contributed by atoms with E-state index in [-0.39, 0.29) is 12.0 Å². The average molecular weight is 626 g/mol. The van der Waals surface area contributed by atoms with E-state index >= 15 is 0 Å². The molecule has 0 spiro atoms. The third kappa shape index (κ3) is 9.20. The number of hydrogen-bond acceptors (Lipinski definition) is 4. The number of likely N-dealkylation sites (tertiary alicyclic amines) is 1. The molecule has 7 nitrogen and oxygen atoms in total. The normalized spacial score (nSPS) is 19.1. The Hall–Kier alpha value is -3.68. The summed E-state index contributed by atoms with van der Waals surface area (Å²) in [6.45, 7) is 14.3. The maximum atomic E-state index is 13.2. The van der Waals surface area contributed by atoms with Crippen molar-refractivity contribution in [2.75, 3.05) is 46.8 Å². The highest BCUT2D eigenvalue weighted by Crippen LogP contribution is 2.25. The number of nitrogens with one attached hydrogen (secondary N) is 1. The molecule has 2 saturated heterocycles. The number of piperazine rings is 1. The van der Waals surface area contributed by atoms with Gasteiger partial charge >= 0.3 is 6.09 Å². The summed E-state index contributed by atoms with van der Waals surface area (Å²) in [6.07, 6.45) is 2.54. The molecule has 46 heavy (non-hydrogen) atoms. The third-order valence-corrected chi connectivity index (χ3v) is 9.73. The zero-order valence-electron chi connectivity index (χ0n) is 28.7. The van der Waals surface area contributed by atoms with E-state index in [1.807, 2.05) is 43.9 Å². The van der Waals surface area contributed by atoms with Crippen LogP contribution in [-0.4, -0.2) is 84.7 Å². The Balaban J connectivity index is 1.13. The smallest absolute Gasteiger partial charge is 0.410 e. The summed E-state index contributed by atoms with van der Waals surface area (Å²) >= 11 is 0. The number of piperidine rings is 1. The van der Waals surface area contributed by atoms with Gasteiger partial charge in [-0.1, -0.05) is 48.5 Å². The van der Waals surface area contributed by atoms with E-state index < -0.39 is 5.60 Å². The average Bonchev–Trinajstić information content (AvgIpc) is 3.02. The Morgan fingerprint density at radius 1 is 0.870 bits per heavy atom. The van der Waals surface area contributed by atoms with Crippen molar-refractivity contribution in [2.45, 2.75) is 71.7 Å². The second-order valence-corrected chi connectivity index (χ2v) is 15.0. The molecule has 3 aromatic carbocycles. The molecule has 3 aromatic rings. The highest BCUT2D eigenvalue weighted by atomic mass is 16.6. The van der Waals surface area contributed by atoms with Gasteiger partial charge in [-0.15, -0.1) is 0 Å². The molecular weight excluding hydrogens is 572 g/mol. The summed E-state index contributed by atoms with van der Waals surface area (Å²) in [6, 6.07) is 25.9. The predicted molar refractivity (Wildman–Crippen MR) is 185 cm³/mol. The molecule has 0 saturated carbocycles. The summed E-state index contributed by atoms with van der Waals surface area (Å²) in [4.78, 5) is 30.0. The minimum atomic E-state index is -0.479. The summed E-state index contributed by atoms with van der Waals surface area (Å²) < 4.78 is 6.62. The SMILES string of the molecule is C[C@H]1CN(Cc2cccc(-c3cccc(CNC(=O)c4cccc(CC5CCN(C(=O)OC(C)(C)C)CC5)c4)c3)c2)CC[N+]1(C)C. The number of amides is 2. The standard InChI is InChI=1S/C39H52N4O3/c1-29-27-41(20-21-43(29,5)6)28-33-12-9-14-35(25-33)34-13-8-11-32(24-34)26-40-37(44)36-15-7-10-31(23-36)22-30-16-18-42(19-17-30)38(45)46-39(2,3)4/h7-15,23-25,29-30H,16-22,26-28H2,1-6H3/p+1/t29-/m0/s1. The second-order valence-electron chi connectivity index (χ2n) is 15.0. The minimum Gasteiger partial charge on any atom is -0.444 e. The quantitative estimate of drug-likeness (QED) is 0.281. The van der Waals surface area contributed by atoms with E-state index in [9.17, 15) is 9.59 Å². The van der Waals surface area contributed by atoms with Gasteiger partial charge in [0.1, 0.15) is 5.60 Å². The monoisotopic (exact) mass is 625 g/mol. The maximum Gasteiger partial charge on any atom is 0.410 e. The Labute approximate surface area is 276 Å². The van der Waals surface area contributed by atoms with Crippen LogP contribution in [0, 0.1) is 5.92 Å². The van der Waals surface area contributed by atoms with Crippen LogP contribution in [0.4, 0.5) is 4.79 Å². The van der Waals surface area contributed by atoms with Gasteiger partial charge < -0.3 is 19.4 Å². The van der Waals surface area contributed by atoms with Gasteiger partial charge in [0.25, 0.3) is 5.91 Å². The summed E-state index contributed by atoms with van der Waals surface area (Å²) in [7, 11) is 4.66. The van der Waals surface area contributed by atoms with Crippen molar-refractivity contribution in [3.8, 4) is 11.1 Å². The fraction of sp³-hybridized carbons (Fsp3) is 0.487. The van der Waals surface area contributed by atoms with Crippen LogP contribution in [0.3, 0.4) is 0 Å². The maximum absolute atomic E-state index is 13.2. The lowest BCUT2D eigenvalue weighted by molar-refractivity contribution is -0.917. The second kappa shape index (κ2) is 14.4. The van der Waals surface area contributed by atoms with Crippen molar-refractivity contribution in [1.82, 2.24) is 15.1 Å². The molecule has 0 unspecified atom stereocenters. The largest absolute Gasteiger partial charge is 0.444 e. The van der Waals surface area contributed by atoms with Crippen molar-refractivity contribution >= 4 is 12.0 Å². The molecule has 5 rings (SSSR count). The van der Waals surface area contributed by atoms with E-state index in [2.05, 4.69) is 85.8 Å².